The first-order valence-corrected chi connectivity index (χ1v) is 6.45. The van der Waals surface area contributed by atoms with Gasteiger partial charge in [-0.1, -0.05) is 25.1 Å². The molecule has 0 aliphatic rings. The molecule has 0 aliphatic carbocycles. The Hall–Kier alpha value is -1.94. The van der Waals surface area contributed by atoms with Gasteiger partial charge in [0.25, 0.3) is 0 Å². The van der Waals surface area contributed by atoms with Crippen LogP contribution in [0.4, 0.5) is 8.78 Å². The Morgan fingerprint density at radius 2 is 1.90 bits per heavy atom. The molecular formula is C16H16F2O2. The Morgan fingerprint density at radius 1 is 1.15 bits per heavy atom. The van der Waals surface area contributed by atoms with E-state index in [0.717, 1.165) is 6.07 Å². The summed E-state index contributed by atoms with van der Waals surface area (Å²) in [4.78, 5) is 0. The first-order valence-electron chi connectivity index (χ1n) is 6.45. The van der Waals surface area contributed by atoms with Crippen molar-refractivity contribution in [2.24, 2.45) is 0 Å². The minimum Gasteiger partial charge on any atom is -0.488 e. The molecule has 20 heavy (non-hydrogen) atoms. The molecule has 0 bridgehead atoms. The van der Waals surface area contributed by atoms with Crippen LogP contribution in [0.1, 0.15) is 30.6 Å². The zero-order valence-corrected chi connectivity index (χ0v) is 11.1. The Labute approximate surface area is 116 Å². The molecule has 0 fully saturated rings. The van der Waals surface area contributed by atoms with Crippen LogP contribution in [0.25, 0.3) is 0 Å². The van der Waals surface area contributed by atoms with E-state index in [2.05, 4.69) is 0 Å². The van der Waals surface area contributed by atoms with Crippen molar-refractivity contribution < 1.29 is 18.6 Å². The fraction of sp³-hybridized carbons (Fsp3) is 0.250. The van der Waals surface area contributed by atoms with E-state index < -0.39 is 17.7 Å². The second-order valence-corrected chi connectivity index (χ2v) is 4.49. The molecule has 1 atom stereocenters. The maximum atomic E-state index is 13.5. The molecular weight excluding hydrogens is 262 g/mol. The van der Waals surface area contributed by atoms with E-state index in [0.29, 0.717) is 17.7 Å². The molecule has 106 valence electrons. The number of benzene rings is 2. The van der Waals surface area contributed by atoms with Gasteiger partial charge >= 0.3 is 0 Å². The molecule has 0 amide bonds. The number of hydrogen-bond acceptors (Lipinski definition) is 2. The summed E-state index contributed by atoms with van der Waals surface area (Å²) in [5.41, 5.74) is 0.935. The summed E-state index contributed by atoms with van der Waals surface area (Å²) in [6, 6.07) is 10.4. The smallest absolute Gasteiger partial charge is 0.132 e. The van der Waals surface area contributed by atoms with Crippen LogP contribution in [0.2, 0.25) is 0 Å². The van der Waals surface area contributed by atoms with Gasteiger partial charge < -0.3 is 9.84 Å². The molecule has 0 aromatic heterocycles. The first-order chi connectivity index (χ1) is 9.61. The van der Waals surface area contributed by atoms with Crippen molar-refractivity contribution in [3.8, 4) is 5.75 Å². The number of halogens is 2. The van der Waals surface area contributed by atoms with Crippen LogP contribution in [-0.4, -0.2) is 5.11 Å². The van der Waals surface area contributed by atoms with E-state index in [9.17, 15) is 13.9 Å². The molecule has 2 aromatic carbocycles. The zero-order chi connectivity index (χ0) is 14.5. The molecule has 2 rings (SSSR count). The van der Waals surface area contributed by atoms with Gasteiger partial charge in [0, 0.05) is 17.2 Å². The number of hydrogen-bond donors (Lipinski definition) is 1. The molecule has 2 nitrogen and oxygen atoms in total. The van der Waals surface area contributed by atoms with Crippen molar-refractivity contribution in [2.75, 3.05) is 0 Å². The van der Waals surface area contributed by atoms with E-state index in [4.69, 9.17) is 4.74 Å². The summed E-state index contributed by atoms with van der Waals surface area (Å²) >= 11 is 0. The third-order valence-corrected chi connectivity index (χ3v) is 3.06. The predicted molar refractivity (Wildman–Crippen MR) is 72.4 cm³/mol. The Bertz CT molecular complexity index is 584. The van der Waals surface area contributed by atoms with Gasteiger partial charge in [-0.15, -0.1) is 0 Å². The predicted octanol–water partition coefficient (Wildman–Crippen LogP) is 3.99. The highest BCUT2D eigenvalue weighted by Gasteiger charge is 2.12. The normalized spacial score (nSPS) is 12.2. The average Bonchev–Trinajstić information content (AvgIpc) is 2.46. The summed E-state index contributed by atoms with van der Waals surface area (Å²) in [6.45, 7) is 1.85. The highest BCUT2D eigenvalue weighted by molar-refractivity contribution is 5.35. The Balaban J connectivity index is 2.15. The molecule has 2 aromatic rings. The third kappa shape index (κ3) is 3.33. The van der Waals surface area contributed by atoms with Crippen LogP contribution in [0.15, 0.2) is 42.5 Å². The van der Waals surface area contributed by atoms with Crippen LogP contribution in [0.3, 0.4) is 0 Å². The fourth-order valence-electron chi connectivity index (χ4n) is 1.90. The summed E-state index contributed by atoms with van der Waals surface area (Å²) < 4.78 is 31.9. The van der Waals surface area contributed by atoms with E-state index in [1.54, 1.807) is 24.3 Å². The second kappa shape index (κ2) is 6.48. The van der Waals surface area contributed by atoms with Crippen molar-refractivity contribution in [2.45, 2.75) is 26.1 Å². The molecule has 0 unspecified atom stereocenters. The Morgan fingerprint density at radius 3 is 2.60 bits per heavy atom. The number of aliphatic hydroxyl groups is 1. The van der Waals surface area contributed by atoms with Crippen LogP contribution >= 0.6 is 0 Å². The van der Waals surface area contributed by atoms with Crippen LogP contribution in [0.5, 0.6) is 5.75 Å². The lowest BCUT2D eigenvalue weighted by Crippen LogP contribution is -2.03. The molecule has 4 heteroatoms. The zero-order valence-electron chi connectivity index (χ0n) is 11.1. The van der Waals surface area contributed by atoms with Crippen molar-refractivity contribution in [1.82, 2.24) is 0 Å². The maximum Gasteiger partial charge on any atom is 0.132 e. The molecule has 0 saturated heterocycles. The lowest BCUT2D eigenvalue weighted by atomic mass is 10.1. The van der Waals surface area contributed by atoms with Crippen molar-refractivity contribution >= 4 is 0 Å². The quantitative estimate of drug-likeness (QED) is 0.896. The number of rotatable bonds is 5. The monoisotopic (exact) mass is 278 g/mol. The molecule has 0 spiro atoms. The molecule has 0 radical (unpaired) electrons. The standard InChI is InChI=1S/C16H16F2O2/c1-2-15(19)13-5-3-4-6-16(13)20-10-11-7-8-12(17)9-14(11)18/h3-9,15,19H,2,10H2,1H3/t15-/m0/s1. The van der Waals surface area contributed by atoms with Gasteiger partial charge in [0.05, 0.1) is 6.10 Å². The van der Waals surface area contributed by atoms with Crippen molar-refractivity contribution in [3.05, 3.63) is 65.2 Å². The van der Waals surface area contributed by atoms with Gasteiger partial charge in [-0.2, -0.15) is 0 Å². The van der Waals surface area contributed by atoms with Crippen LogP contribution in [-0.2, 0) is 6.61 Å². The molecule has 0 saturated carbocycles. The highest BCUT2D eigenvalue weighted by Crippen LogP contribution is 2.27. The minimum atomic E-state index is -0.640. The van der Waals surface area contributed by atoms with E-state index in [1.807, 2.05) is 6.92 Å². The first kappa shape index (κ1) is 14.5. The topological polar surface area (TPSA) is 29.5 Å². The van der Waals surface area contributed by atoms with Gasteiger partial charge in [-0.25, -0.2) is 8.78 Å². The highest BCUT2D eigenvalue weighted by atomic mass is 19.1. The number of aliphatic hydroxyl groups excluding tert-OH is 1. The van der Waals surface area contributed by atoms with E-state index >= 15 is 0 Å². The van der Waals surface area contributed by atoms with Crippen molar-refractivity contribution in [1.29, 1.82) is 0 Å². The van der Waals surface area contributed by atoms with Gasteiger partial charge in [-0.3, -0.25) is 0 Å². The lowest BCUT2D eigenvalue weighted by molar-refractivity contribution is 0.166. The summed E-state index contributed by atoms with van der Waals surface area (Å²) in [5, 5.41) is 9.89. The summed E-state index contributed by atoms with van der Waals surface area (Å²) in [5.74, 6) is -0.753. The summed E-state index contributed by atoms with van der Waals surface area (Å²) in [6.07, 6.45) is -0.0603. The maximum absolute atomic E-state index is 13.5. The average molecular weight is 278 g/mol. The van der Waals surface area contributed by atoms with Gasteiger partial charge in [-0.05, 0) is 24.6 Å². The van der Waals surface area contributed by atoms with Crippen LogP contribution < -0.4 is 4.74 Å². The SMILES string of the molecule is CC[C@H](O)c1ccccc1OCc1ccc(F)cc1F. The van der Waals surface area contributed by atoms with Crippen molar-refractivity contribution in [3.63, 3.8) is 0 Å². The lowest BCUT2D eigenvalue weighted by Gasteiger charge is -2.15. The minimum absolute atomic E-state index is 0.0143. The van der Waals surface area contributed by atoms with Gasteiger partial charge in [0.1, 0.15) is 24.0 Å². The molecule has 0 heterocycles. The second-order valence-electron chi connectivity index (χ2n) is 4.49. The Kier molecular flexibility index (Phi) is 4.69. The van der Waals surface area contributed by atoms with E-state index in [1.165, 1.54) is 12.1 Å². The number of ether oxygens (including phenoxy) is 1. The van der Waals surface area contributed by atoms with Gasteiger partial charge in [0.2, 0.25) is 0 Å². The molecule has 1 N–H and O–H groups in total. The fourth-order valence-corrected chi connectivity index (χ4v) is 1.90. The largest absolute Gasteiger partial charge is 0.488 e. The third-order valence-electron chi connectivity index (χ3n) is 3.06. The van der Waals surface area contributed by atoms with E-state index in [-0.39, 0.29) is 12.2 Å². The number of para-hydroxylation sites is 1. The van der Waals surface area contributed by atoms with Gasteiger partial charge in [0.15, 0.2) is 0 Å². The van der Waals surface area contributed by atoms with Crippen LogP contribution in [0, 0.1) is 11.6 Å². The summed E-state index contributed by atoms with van der Waals surface area (Å²) in [7, 11) is 0. The molecule has 0 aliphatic heterocycles.